The van der Waals surface area contributed by atoms with E-state index in [1.807, 2.05) is 38.1 Å². The normalized spacial score (nSPS) is 13.7. The average molecular weight is 303 g/mol. The van der Waals surface area contributed by atoms with E-state index in [1.54, 1.807) is 0 Å². The second-order valence-corrected chi connectivity index (χ2v) is 5.47. The Labute approximate surface area is 128 Å². The average Bonchev–Trinajstić information content (AvgIpc) is 2.92. The second-order valence-electron chi connectivity index (χ2n) is 5.47. The number of carbonyl (C=O) groups excluding carboxylic acids is 1. The number of H-pyrrole nitrogens is 1. The number of nitrogens with one attached hydrogen (secondary N) is 2. The van der Waals surface area contributed by atoms with Crippen molar-refractivity contribution in [2.75, 3.05) is 0 Å². The van der Waals surface area contributed by atoms with E-state index in [4.69, 9.17) is 0 Å². The number of benzene rings is 1. The van der Waals surface area contributed by atoms with Gasteiger partial charge in [0.25, 0.3) is 0 Å². The van der Waals surface area contributed by atoms with Crippen LogP contribution in [0.5, 0.6) is 0 Å². The van der Waals surface area contributed by atoms with Gasteiger partial charge in [0.15, 0.2) is 0 Å². The second kappa shape index (κ2) is 7.06. The quantitative estimate of drug-likeness (QED) is 0.730. The van der Waals surface area contributed by atoms with Crippen LogP contribution in [0.2, 0.25) is 0 Å². The van der Waals surface area contributed by atoms with Gasteiger partial charge in [0.1, 0.15) is 11.9 Å². The molecule has 0 aliphatic heterocycles. The highest BCUT2D eigenvalue weighted by Gasteiger charge is 2.25. The summed E-state index contributed by atoms with van der Waals surface area (Å²) in [6.45, 7) is 3.72. The van der Waals surface area contributed by atoms with E-state index in [-0.39, 0.29) is 18.2 Å². The van der Waals surface area contributed by atoms with Gasteiger partial charge in [0.05, 0.1) is 11.0 Å². The molecule has 0 aliphatic rings. The van der Waals surface area contributed by atoms with Crippen molar-refractivity contribution in [1.29, 1.82) is 0 Å². The van der Waals surface area contributed by atoms with Crippen molar-refractivity contribution in [2.24, 2.45) is 5.92 Å². The summed E-state index contributed by atoms with van der Waals surface area (Å²) in [6.07, 6.45) is 1.36. The molecular weight excluding hydrogens is 282 g/mol. The van der Waals surface area contributed by atoms with E-state index < -0.39 is 12.0 Å². The molecule has 6 nitrogen and oxygen atoms in total. The van der Waals surface area contributed by atoms with Gasteiger partial charge in [-0.2, -0.15) is 0 Å². The first-order chi connectivity index (χ1) is 10.5. The van der Waals surface area contributed by atoms with Crippen molar-refractivity contribution in [3.05, 3.63) is 30.1 Å². The zero-order chi connectivity index (χ0) is 16.1. The fraction of sp³-hybridized carbons (Fsp3) is 0.438. The SMILES string of the molecule is CC[C@H](C)[C@H](NC(=O)CCc1nc2ccccc2[nH]1)C(=O)O. The minimum atomic E-state index is -0.994. The van der Waals surface area contributed by atoms with Crippen molar-refractivity contribution in [3.63, 3.8) is 0 Å². The molecule has 1 heterocycles. The predicted octanol–water partition coefficient (Wildman–Crippen LogP) is 2.11. The van der Waals surface area contributed by atoms with Gasteiger partial charge in [-0.1, -0.05) is 32.4 Å². The highest BCUT2D eigenvalue weighted by molar-refractivity contribution is 5.84. The number of para-hydroxylation sites is 2. The van der Waals surface area contributed by atoms with Gasteiger partial charge in [0, 0.05) is 12.8 Å². The van der Waals surface area contributed by atoms with Gasteiger partial charge in [-0.25, -0.2) is 9.78 Å². The summed E-state index contributed by atoms with van der Waals surface area (Å²) >= 11 is 0. The maximum absolute atomic E-state index is 12.0. The number of aryl methyl sites for hydroxylation is 1. The number of aromatic nitrogens is 2. The summed E-state index contributed by atoms with van der Waals surface area (Å²) in [4.78, 5) is 30.7. The van der Waals surface area contributed by atoms with Crippen LogP contribution in [0, 0.1) is 5.92 Å². The standard InChI is InChI=1S/C16H21N3O3/c1-3-10(2)15(16(21)22)19-14(20)9-8-13-17-11-6-4-5-7-12(11)18-13/h4-7,10,15H,3,8-9H2,1-2H3,(H,17,18)(H,19,20)(H,21,22)/t10-,15-/m0/s1. The van der Waals surface area contributed by atoms with Gasteiger partial charge in [-0.05, 0) is 18.1 Å². The van der Waals surface area contributed by atoms with E-state index in [9.17, 15) is 14.7 Å². The van der Waals surface area contributed by atoms with Crippen molar-refractivity contribution in [1.82, 2.24) is 15.3 Å². The van der Waals surface area contributed by atoms with E-state index in [0.29, 0.717) is 12.8 Å². The number of carbonyl (C=O) groups is 2. The highest BCUT2D eigenvalue weighted by Crippen LogP contribution is 2.12. The third-order valence-electron chi connectivity index (χ3n) is 3.82. The van der Waals surface area contributed by atoms with E-state index in [1.165, 1.54) is 0 Å². The Kier molecular flexibility index (Phi) is 5.14. The largest absolute Gasteiger partial charge is 0.480 e. The van der Waals surface area contributed by atoms with Crippen LogP contribution in [0.4, 0.5) is 0 Å². The summed E-state index contributed by atoms with van der Waals surface area (Å²) < 4.78 is 0. The topological polar surface area (TPSA) is 95.1 Å². The molecule has 0 bridgehead atoms. The third kappa shape index (κ3) is 3.84. The zero-order valence-corrected chi connectivity index (χ0v) is 12.8. The smallest absolute Gasteiger partial charge is 0.326 e. The number of hydrogen-bond acceptors (Lipinski definition) is 3. The van der Waals surface area contributed by atoms with Crippen LogP contribution in [0.15, 0.2) is 24.3 Å². The van der Waals surface area contributed by atoms with Crippen LogP contribution in [0.1, 0.15) is 32.5 Å². The molecule has 0 aliphatic carbocycles. The van der Waals surface area contributed by atoms with Crippen molar-refractivity contribution >= 4 is 22.9 Å². The minimum Gasteiger partial charge on any atom is -0.480 e. The van der Waals surface area contributed by atoms with E-state index >= 15 is 0 Å². The molecule has 22 heavy (non-hydrogen) atoms. The molecule has 2 aromatic rings. The molecule has 0 fully saturated rings. The Morgan fingerprint density at radius 3 is 2.73 bits per heavy atom. The van der Waals surface area contributed by atoms with Gasteiger partial charge in [-0.3, -0.25) is 4.79 Å². The van der Waals surface area contributed by atoms with Crippen LogP contribution in [-0.2, 0) is 16.0 Å². The molecule has 1 amide bonds. The fourth-order valence-electron chi connectivity index (χ4n) is 2.28. The van der Waals surface area contributed by atoms with E-state index in [2.05, 4.69) is 15.3 Å². The number of rotatable bonds is 7. The maximum atomic E-state index is 12.0. The van der Waals surface area contributed by atoms with Gasteiger partial charge >= 0.3 is 5.97 Å². The number of carboxylic acid groups (broad SMARTS) is 1. The number of amides is 1. The van der Waals surface area contributed by atoms with E-state index in [0.717, 1.165) is 16.9 Å². The molecule has 0 unspecified atom stereocenters. The number of carboxylic acids is 1. The first-order valence-corrected chi connectivity index (χ1v) is 7.47. The lowest BCUT2D eigenvalue weighted by Crippen LogP contribution is -2.45. The lowest BCUT2D eigenvalue weighted by Gasteiger charge is -2.19. The summed E-state index contributed by atoms with van der Waals surface area (Å²) in [5, 5.41) is 11.8. The molecule has 3 N–H and O–H groups in total. The highest BCUT2D eigenvalue weighted by atomic mass is 16.4. The number of fused-ring (bicyclic) bond motifs is 1. The van der Waals surface area contributed by atoms with Crippen molar-refractivity contribution in [2.45, 2.75) is 39.2 Å². The summed E-state index contributed by atoms with van der Waals surface area (Å²) in [7, 11) is 0. The van der Waals surface area contributed by atoms with Gasteiger partial charge < -0.3 is 15.4 Å². The van der Waals surface area contributed by atoms with Crippen molar-refractivity contribution in [3.8, 4) is 0 Å². The zero-order valence-electron chi connectivity index (χ0n) is 12.8. The molecule has 0 spiro atoms. The molecule has 6 heteroatoms. The Morgan fingerprint density at radius 1 is 1.36 bits per heavy atom. The van der Waals surface area contributed by atoms with Crippen LogP contribution < -0.4 is 5.32 Å². The Hall–Kier alpha value is -2.37. The summed E-state index contributed by atoms with van der Waals surface area (Å²) in [5.74, 6) is -0.640. The number of aromatic amines is 1. The van der Waals surface area contributed by atoms with Crippen LogP contribution in [0.3, 0.4) is 0 Å². The molecule has 118 valence electrons. The number of hydrogen-bond donors (Lipinski definition) is 3. The first kappa shape index (κ1) is 16.0. The number of imidazole rings is 1. The molecule has 0 saturated heterocycles. The molecule has 2 rings (SSSR count). The Morgan fingerprint density at radius 2 is 2.09 bits per heavy atom. The van der Waals surface area contributed by atoms with Gasteiger partial charge in [-0.15, -0.1) is 0 Å². The summed E-state index contributed by atoms with van der Waals surface area (Å²) in [6, 6.07) is 6.81. The molecule has 1 aromatic carbocycles. The Balaban J connectivity index is 1.93. The third-order valence-corrected chi connectivity index (χ3v) is 3.82. The monoisotopic (exact) mass is 303 g/mol. The summed E-state index contributed by atoms with van der Waals surface area (Å²) in [5.41, 5.74) is 1.79. The predicted molar refractivity (Wildman–Crippen MR) is 83.4 cm³/mol. The molecular formula is C16H21N3O3. The Bertz CT molecular complexity index is 632. The lowest BCUT2D eigenvalue weighted by atomic mass is 9.99. The maximum Gasteiger partial charge on any atom is 0.326 e. The minimum absolute atomic E-state index is 0.104. The molecule has 2 atom stereocenters. The number of nitrogens with zero attached hydrogens (tertiary/aromatic N) is 1. The lowest BCUT2D eigenvalue weighted by molar-refractivity contribution is -0.143. The van der Waals surface area contributed by atoms with Crippen LogP contribution in [0.25, 0.3) is 11.0 Å². The van der Waals surface area contributed by atoms with Gasteiger partial charge in [0.2, 0.25) is 5.91 Å². The fourth-order valence-corrected chi connectivity index (χ4v) is 2.28. The number of aliphatic carboxylic acids is 1. The van der Waals surface area contributed by atoms with Crippen molar-refractivity contribution < 1.29 is 14.7 Å². The molecule has 0 radical (unpaired) electrons. The first-order valence-electron chi connectivity index (χ1n) is 7.47. The molecule has 0 saturated carbocycles. The van der Waals surface area contributed by atoms with Crippen LogP contribution >= 0.6 is 0 Å². The molecule has 1 aromatic heterocycles. The van der Waals surface area contributed by atoms with Crippen LogP contribution in [-0.4, -0.2) is 33.0 Å².